The van der Waals surface area contributed by atoms with Crippen molar-refractivity contribution in [3.8, 4) is 0 Å². The minimum absolute atomic E-state index is 0.00744. The van der Waals surface area contributed by atoms with Gasteiger partial charge in [0.25, 0.3) is 5.56 Å². The fourth-order valence-electron chi connectivity index (χ4n) is 4.76. The first-order valence-corrected chi connectivity index (χ1v) is 11.7. The number of halogens is 2. The van der Waals surface area contributed by atoms with Gasteiger partial charge in [0.05, 0.1) is 13.1 Å². The summed E-state index contributed by atoms with van der Waals surface area (Å²) in [6.45, 7) is 2.16. The van der Waals surface area contributed by atoms with Crippen LogP contribution in [0.3, 0.4) is 0 Å². The molecule has 0 radical (unpaired) electrons. The van der Waals surface area contributed by atoms with Crippen LogP contribution < -0.4 is 21.9 Å². The number of rotatable bonds is 7. The summed E-state index contributed by atoms with van der Waals surface area (Å²) in [6.07, 6.45) is 1.61. The second kappa shape index (κ2) is 10.5. The Morgan fingerprint density at radius 3 is 2.40 bits per heavy atom. The van der Waals surface area contributed by atoms with Crippen molar-refractivity contribution in [3.63, 3.8) is 0 Å². The van der Waals surface area contributed by atoms with Gasteiger partial charge in [-0.2, -0.15) is 0 Å². The van der Waals surface area contributed by atoms with Crippen molar-refractivity contribution in [1.82, 2.24) is 9.13 Å². The molecule has 0 saturated carbocycles. The van der Waals surface area contributed by atoms with Crippen LogP contribution in [0.25, 0.3) is 0 Å². The van der Waals surface area contributed by atoms with E-state index in [9.17, 15) is 23.5 Å². The molecule has 3 aromatic rings. The molecule has 1 aliphatic heterocycles. The molecule has 1 fully saturated rings. The highest BCUT2D eigenvalue weighted by atomic mass is 19.1. The molecule has 0 spiro atoms. The average molecular weight is 485 g/mol. The molecule has 7 nitrogen and oxygen atoms in total. The Bertz CT molecular complexity index is 1290. The van der Waals surface area contributed by atoms with Gasteiger partial charge in [-0.1, -0.05) is 36.4 Å². The summed E-state index contributed by atoms with van der Waals surface area (Å²) in [4.78, 5) is 29.0. The number of hydrogen-bond acceptors (Lipinski definition) is 5. The summed E-state index contributed by atoms with van der Waals surface area (Å²) in [5.41, 5.74) is 6.29. The smallest absolute Gasteiger partial charge is 0.331 e. The fourth-order valence-corrected chi connectivity index (χ4v) is 4.76. The van der Waals surface area contributed by atoms with Crippen LogP contribution in [0, 0.1) is 24.5 Å². The molecule has 2 aromatic carbocycles. The van der Waals surface area contributed by atoms with E-state index in [1.165, 1.54) is 10.6 Å². The van der Waals surface area contributed by atoms with Gasteiger partial charge in [0.15, 0.2) is 0 Å². The Morgan fingerprint density at radius 1 is 1.06 bits per heavy atom. The van der Waals surface area contributed by atoms with Crippen LogP contribution in [0.2, 0.25) is 0 Å². The zero-order valence-corrected chi connectivity index (χ0v) is 19.7. The summed E-state index contributed by atoms with van der Waals surface area (Å²) >= 11 is 0. The Kier molecular flexibility index (Phi) is 7.47. The highest BCUT2D eigenvalue weighted by Crippen LogP contribution is 2.24. The predicted octanol–water partition coefficient (Wildman–Crippen LogP) is 2.55. The molecule has 1 aromatic heterocycles. The molecule has 2 atom stereocenters. The number of nitrogens with zero attached hydrogens (tertiary/aromatic N) is 3. The third-order valence-corrected chi connectivity index (χ3v) is 6.74. The normalized spacial score (nSPS) is 16.9. The SMILES string of the molecule is Cc1c(N2CCCC(CO)C2)c(=O)n(CC(N)c2ccccc2)c(=O)n1Cc1c(F)cccc1F. The maximum absolute atomic E-state index is 14.5. The van der Waals surface area contributed by atoms with Crippen molar-refractivity contribution < 1.29 is 13.9 Å². The minimum atomic E-state index is -0.769. The number of piperidine rings is 1. The van der Waals surface area contributed by atoms with E-state index < -0.39 is 28.9 Å². The van der Waals surface area contributed by atoms with Crippen molar-refractivity contribution in [1.29, 1.82) is 0 Å². The third-order valence-electron chi connectivity index (χ3n) is 6.74. The van der Waals surface area contributed by atoms with Crippen LogP contribution in [-0.2, 0) is 13.1 Å². The number of benzene rings is 2. The molecule has 2 unspecified atom stereocenters. The molecule has 0 bridgehead atoms. The van der Waals surface area contributed by atoms with Crippen LogP contribution in [0.5, 0.6) is 0 Å². The van der Waals surface area contributed by atoms with E-state index in [2.05, 4.69) is 0 Å². The molecule has 3 N–H and O–H groups in total. The highest BCUT2D eigenvalue weighted by molar-refractivity contribution is 5.49. The quantitative estimate of drug-likeness (QED) is 0.538. The van der Waals surface area contributed by atoms with Gasteiger partial charge in [-0.3, -0.25) is 13.9 Å². The fraction of sp³-hybridized carbons (Fsp3) is 0.385. The molecule has 0 amide bonds. The van der Waals surface area contributed by atoms with Gasteiger partial charge in [0.1, 0.15) is 17.3 Å². The molecule has 2 heterocycles. The standard InChI is InChI=1S/C26H30F2N4O3/c1-17-24(30-12-6-7-18(13-30)16-33)25(34)32(15-23(29)19-8-3-2-4-9-19)26(35)31(17)14-20-21(27)10-5-11-22(20)28/h2-5,8-11,18,23,33H,6-7,12-16,29H2,1H3. The Morgan fingerprint density at radius 2 is 1.74 bits per heavy atom. The lowest BCUT2D eigenvalue weighted by Gasteiger charge is -2.34. The van der Waals surface area contributed by atoms with Gasteiger partial charge < -0.3 is 15.7 Å². The van der Waals surface area contributed by atoms with Gasteiger partial charge >= 0.3 is 5.69 Å². The van der Waals surface area contributed by atoms with Crippen molar-refractivity contribution >= 4 is 5.69 Å². The van der Waals surface area contributed by atoms with Crippen LogP contribution in [0.15, 0.2) is 58.1 Å². The number of aliphatic hydroxyl groups is 1. The number of hydrogen-bond donors (Lipinski definition) is 2. The number of aliphatic hydroxyl groups excluding tert-OH is 1. The largest absolute Gasteiger partial charge is 0.396 e. The molecule has 1 aliphatic rings. The Hall–Kier alpha value is -3.30. The molecule has 0 aliphatic carbocycles. The number of nitrogens with two attached hydrogens (primary N) is 1. The Balaban J connectivity index is 1.86. The zero-order valence-electron chi connectivity index (χ0n) is 19.7. The number of anilines is 1. The van der Waals surface area contributed by atoms with E-state index in [1.807, 2.05) is 35.2 Å². The lowest BCUT2D eigenvalue weighted by atomic mass is 9.98. The van der Waals surface area contributed by atoms with E-state index in [-0.39, 0.29) is 31.2 Å². The van der Waals surface area contributed by atoms with E-state index in [4.69, 9.17) is 5.73 Å². The number of aromatic nitrogens is 2. The van der Waals surface area contributed by atoms with Crippen molar-refractivity contribution in [3.05, 3.63) is 97.8 Å². The maximum atomic E-state index is 14.5. The summed E-state index contributed by atoms with van der Waals surface area (Å²) < 4.78 is 31.3. The first-order chi connectivity index (χ1) is 16.8. The van der Waals surface area contributed by atoms with Gasteiger partial charge in [-0.15, -0.1) is 0 Å². The summed E-state index contributed by atoms with van der Waals surface area (Å²) in [5, 5.41) is 9.68. The van der Waals surface area contributed by atoms with Gasteiger partial charge in [0, 0.05) is 37.0 Å². The van der Waals surface area contributed by atoms with Crippen LogP contribution in [0.4, 0.5) is 14.5 Å². The minimum Gasteiger partial charge on any atom is -0.396 e. The van der Waals surface area contributed by atoms with E-state index >= 15 is 0 Å². The summed E-state index contributed by atoms with van der Waals surface area (Å²) in [7, 11) is 0. The molecular formula is C26H30F2N4O3. The molecule has 9 heteroatoms. The van der Waals surface area contributed by atoms with Crippen LogP contribution in [0.1, 0.15) is 35.7 Å². The zero-order chi connectivity index (χ0) is 25.1. The summed E-state index contributed by atoms with van der Waals surface area (Å²) in [5.74, 6) is -1.54. The first-order valence-electron chi connectivity index (χ1n) is 11.7. The van der Waals surface area contributed by atoms with Crippen LogP contribution in [-0.4, -0.2) is 33.9 Å². The highest BCUT2D eigenvalue weighted by Gasteiger charge is 2.27. The topological polar surface area (TPSA) is 93.5 Å². The lowest BCUT2D eigenvalue weighted by molar-refractivity contribution is 0.208. The van der Waals surface area contributed by atoms with Gasteiger partial charge in [-0.05, 0) is 43.4 Å². The maximum Gasteiger partial charge on any atom is 0.331 e. The molecule has 1 saturated heterocycles. The van der Waals surface area contributed by atoms with Crippen LogP contribution >= 0.6 is 0 Å². The second-order valence-corrected chi connectivity index (χ2v) is 9.07. The van der Waals surface area contributed by atoms with Crippen molar-refractivity contribution in [2.45, 2.75) is 38.9 Å². The second-order valence-electron chi connectivity index (χ2n) is 9.07. The third kappa shape index (κ3) is 5.06. The van der Waals surface area contributed by atoms with E-state index in [1.54, 1.807) is 6.92 Å². The molecular weight excluding hydrogens is 454 g/mol. The molecule has 186 valence electrons. The van der Waals surface area contributed by atoms with Crippen molar-refractivity contribution in [2.24, 2.45) is 11.7 Å². The summed E-state index contributed by atoms with van der Waals surface area (Å²) in [6, 6.07) is 12.0. The predicted molar refractivity (Wildman–Crippen MR) is 131 cm³/mol. The van der Waals surface area contributed by atoms with E-state index in [0.29, 0.717) is 24.5 Å². The average Bonchev–Trinajstić information content (AvgIpc) is 2.86. The van der Waals surface area contributed by atoms with E-state index in [0.717, 1.165) is 35.1 Å². The lowest BCUT2D eigenvalue weighted by Crippen LogP contribution is -2.48. The molecule has 4 rings (SSSR count). The van der Waals surface area contributed by atoms with Gasteiger partial charge in [0.2, 0.25) is 0 Å². The molecule has 35 heavy (non-hydrogen) atoms. The first kappa shape index (κ1) is 24.8. The monoisotopic (exact) mass is 484 g/mol. The Labute approximate surface area is 202 Å². The van der Waals surface area contributed by atoms with Gasteiger partial charge in [-0.25, -0.2) is 13.6 Å². The van der Waals surface area contributed by atoms with Crippen molar-refractivity contribution in [2.75, 3.05) is 24.6 Å².